The Balaban J connectivity index is 4.29. The highest BCUT2D eigenvalue weighted by molar-refractivity contribution is 5.70. The molecule has 0 aliphatic carbocycles. The van der Waals surface area contributed by atoms with Crippen molar-refractivity contribution in [2.45, 2.75) is 309 Å². The van der Waals surface area contributed by atoms with E-state index in [0.717, 1.165) is 77.0 Å². The molecule has 0 saturated heterocycles. The lowest BCUT2D eigenvalue weighted by Crippen LogP contribution is -2.30. The third kappa shape index (κ3) is 57.9. The van der Waals surface area contributed by atoms with Crippen LogP contribution in [0.4, 0.5) is 0 Å². The number of hydrogen-bond donors (Lipinski definition) is 0. The summed E-state index contributed by atoms with van der Waals surface area (Å²) >= 11 is 0. The van der Waals surface area contributed by atoms with Crippen LogP contribution in [0.2, 0.25) is 0 Å². The molecule has 0 amide bonds. The Labute approximate surface area is 436 Å². The van der Waals surface area contributed by atoms with Crippen molar-refractivity contribution in [2.24, 2.45) is 0 Å². The van der Waals surface area contributed by atoms with Crippen molar-refractivity contribution in [3.8, 4) is 0 Å². The molecule has 0 saturated carbocycles. The summed E-state index contributed by atoms with van der Waals surface area (Å²) in [5, 5.41) is 0. The van der Waals surface area contributed by atoms with Gasteiger partial charge in [0, 0.05) is 19.4 Å². The van der Waals surface area contributed by atoms with Gasteiger partial charge in [0.15, 0.2) is 6.10 Å². The number of esters is 2. The number of allylic oxidation sites excluding steroid dienone is 12. The smallest absolute Gasteiger partial charge is 0.306 e. The van der Waals surface area contributed by atoms with Crippen molar-refractivity contribution in [3.05, 3.63) is 72.9 Å². The zero-order valence-electron chi connectivity index (χ0n) is 46.8. The normalized spacial score (nSPS) is 12.7. The number of hydrogen-bond acceptors (Lipinski definition) is 5. The first-order valence-electron chi connectivity index (χ1n) is 30.5. The van der Waals surface area contributed by atoms with Crippen LogP contribution in [0.1, 0.15) is 303 Å². The lowest BCUT2D eigenvalue weighted by atomic mass is 10.0. The predicted molar refractivity (Wildman–Crippen MR) is 307 cm³/mol. The molecule has 0 radical (unpaired) electrons. The fourth-order valence-corrected chi connectivity index (χ4v) is 8.71. The van der Waals surface area contributed by atoms with Gasteiger partial charge in [-0.15, -0.1) is 0 Å². The average molecular weight is 978 g/mol. The Morgan fingerprint density at radius 3 is 1.06 bits per heavy atom. The maximum Gasteiger partial charge on any atom is 0.306 e. The van der Waals surface area contributed by atoms with Crippen molar-refractivity contribution in [2.75, 3.05) is 19.8 Å². The van der Waals surface area contributed by atoms with Crippen molar-refractivity contribution in [3.63, 3.8) is 0 Å². The zero-order valence-corrected chi connectivity index (χ0v) is 46.8. The SMILES string of the molecule is CC/C=C\C/C=C\C/C=C\C/C=C\CCCCCCCCCOCC(COC(=O)CCCCCCCCC/C=C\C/C=C\CCCCC)OC(=O)CCCCCCCCCCCCCCCCCCC. The third-order valence-corrected chi connectivity index (χ3v) is 13.2. The molecule has 0 aromatic heterocycles. The van der Waals surface area contributed by atoms with Crippen LogP contribution in [0.25, 0.3) is 0 Å². The summed E-state index contributed by atoms with van der Waals surface area (Å²) in [6.07, 6.45) is 79.3. The summed E-state index contributed by atoms with van der Waals surface area (Å²) in [4.78, 5) is 25.6. The van der Waals surface area contributed by atoms with Gasteiger partial charge in [-0.05, 0) is 89.9 Å². The maximum absolute atomic E-state index is 12.9. The van der Waals surface area contributed by atoms with Crippen LogP contribution in [-0.4, -0.2) is 37.9 Å². The van der Waals surface area contributed by atoms with E-state index in [1.165, 1.54) is 193 Å². The number of rotatable bonds is 56. The fraction of sp³-hybridized carbons (Fsp3) is 0.785. The molecular weight excluding hydrogens is 861 g/mol. The van der Waals surface area contributed by atoms with Crippen molar-refractivity contribution >= 4 is 11.9 Å². The van der Waals surface area contributed by atoms with Crippen LogP contribution in [0.3, 0.4) is 0 Å². The molecule has 0 fully saturated rings. The Morgan fingerprint density at radius 2 is 0.643 bits per heavy atom. The van der Waals surface area contributed by atoms with Gasteiger partial charge >= 0.3 is 11.9 Å². The molecule has 0 spiro atoms. The van der Waals surface area contributed by atoms with Gasteiger partial charge in [0.1, 0.15) is 6.61 Å². The average Bonchev–Trinajstić information content (AvgIpc) is 3.36. The lowest BCUT2D eigenvalue weighted by Gasteiger charge is -2.18. The highest BCUT2D eigenvalue weighted by atomic mass is 16.6. The van der Waals surface area contributed by atoms with Crippen LogP contribution in [-0.2, 0) is 23.8 Å². The number of carbonyl (C=O) groups excluding carboxylic acids is 2. The molecule has 0 heterocycles. The first-order chi connectivity index (χ1) is 34.6. The molecule has 0 aromatic rings. The molecule has 0 aliphatic rings. The van der Waals surface area contributed by atoms with E-state index in [-0.39, 0.29) is 25.2 Å². The van der Waals surface area contributed by atoms with Crippen LogP contribution < -0.4 is 0 Å². The zero-order chi connectivity index (χ0) is 50.6. The first-order valence-corrected chi connectivity index (χ1v) is 30.5. The monoisotopic (exact) mass is 977 g/mol. The predicted octanol–water partition coefficient (Wildman–Crippen LogP) is 21.0. The number of carbonyl (C=O) groups is 2. The van der Waals surface area contributed by atoms with E-state index in [9.17, 15) is 9.59 Å². The van der Waals surface area contributed by atoms with Crippen LogP contribution >= 0.6 is 0 Å². The lowest BCUT2D eigenvalue weighted by molar-refractivity contribution is -0.163. The van der Waals surface area contributed by atoms with E-state index in [0.29, 0.717) is 19.4 Å². The Kier molecular flexibility index (Phi) is 58.3. The molecule has 406 valence electrons. The highest BCUT2D eigenvalue weighted by Crippen LogP contribution is 2.16. The van der Waals surface area contributed by atoms with Gasteiger partial charge in [0.05, 0.1) is 6.61 Å². The van der Waals surface area contributed by atoms with Crippen molar-refractivity contribution in [1.29, 1.82) is 0 Å². The molecule has 1 unspecified atom stereocenters. The molecule has 0 aliphatic heterocycles. The third-order valence-electron chi connectivity index (χ3n) is 13.2. The highest BCUT2D eigenvalue weighted by Gasteiger charge is 2.17. The molecule has 0 aromatic carbocycles. The van der Waals surface area contributed by atoms with E-state index >= 15 is 0 Å². The van der Waals surface area contributed by atoms with Crippen LogP contribution in [0.15, 0.2) is 72.9 Å². The van der Waals surface area contributed by atoms with Gasteiger partial charge in [-0.2, -0.15) is 0 Å². The summed E-state index contributed by atoms with van der Waals surface area (Å²) in [6, 6.07) is 0. The number of ether oxygens (including phenoxy) is 3. The minimum absolute atomic E-state index is 0.0776. The summed E-state index contributed by atoms with van der Waals surface area (Å²) in [6.45, 7) is 7.71. The summed E-state index contributed by atoms with van der Waals surface area (Å²) in [7, 11) is 0. The van der Waals surface area contributed by atoms with Crippen LogP contribution in [0, 0.1) is 0 Å². The molecule has 70 heavy (non-hydrogen) atoms. The molecule has 1 atom stereocenters. The second kappa shape index (κ2) is 60.6. The summed E-state index contributed by atoms with van der Waals surface area (Å²) < 4.78 is 17.5. The molecule has 0 N–H and O–H groups in total. The molecule has 0 rings (SSSR count). The quantitative estimate of drug-likeness (QED) is 0.0345. The van der Waals surface area contributed by atoms with Gasteiger partial charge in [-0.1, -0.05) is 273 Å². The van der Waals surface area contributed by atoms with E-state index in [2.05, 4.69) is 93.7 Å². The Bertz CT molecular complexity index is 1240. The van der Waals surface area contributed by atoms with Gasteiger partial charge in [-0.25, -0.2) is 0 Å². The van der Waals surface area contributed by atoms with Crippen molar-refractivity contribution < 1.29 is 23.8 Å². The van der Waals surface area contributed by atoms with E-state index in [1.54, 1.807) is 0 Å². The largest absolute Gasteiger partial charge is 0.462 e. The van der Waals surface area contributed by atoms with E-state index in [4.69, 9.17) is 14.2 Å². The van der Waals surface area contributed by atoms with Gasteiger partial charge < -0.3 is 14.2 Å². The van der Waals surface area contributed by atoms with Crippen LogP contribution in [0.5, 0.6) is 0 Å². The van der Waals surface area contributed by atoms with Gasteiger partial charge in [-0.3, -0.25) is 9.59 Å². The topological polar surface area (TPSA) is 61.8 Å². The summed E-state index contributed by atoms with van der Waals surface area (Å²) in [5.41, 5.74) is 0. The molecule has 5 nitrogen and oxygen atoms in total. The minimum atomic E-state index is -0.547. The van der Waals surface area contributed by atoms with Crippen molar-refractivity contribution in [1.82, 2.24) is 0 Å². The Hall–Kier alpha value is -2.66. The Morgan fingerprint density at radius 1 is 0.329 bits per heavy atom. The standard InChI is InChI=1S/C65H116O5/c1-4-7-10-13-16-19-22-25-28-31-32-33-36-39-42-45-48-51-54-57-60-68-61-63(70-65(67)59-56-53-50-47-44-41-38-35-30-27-24-21-18-15-12-9-6-3)62-69-64(66)58-55-52-49-46-43-40-37-34-29-26-23-20-17-14-11-8-5-2/h7,10,16-17,19-20,25-26,28-29,32-33,63H,4-6,8-9,11-15,18,21-24,27,30-31,34-62H2,1-3H3/b10-7-,19-16-,20-17-,28-25-,29-26-,33-32-. The maximum atomic E-state index is 12.9. The molecule has 5 heteroatoms. The van der Waals surface area contributed by atoms with E-state index in [1.807, 2.05) is 0 Å². The second-order valence-corrected chi connectivity index (χ2v) is 20.2. The first kappa shape index (κ1) is 67.3. The molecule has 0 bridgehead atoms. The molecular formula is C65H116O5. The number of unbranched alkanes of at least 4 members (excludes halogenated alkanes) is 33. The van der Waals surface area contributed by atoms with Gasteiger partial charge in [0.2, 0.25) is 0 Å². The fourth-order valence-electron chi connectivity index (χ4n) is 8.71. The summed E-state index contributed by atoms with van der Waals surface area (Å²) in [5.74, 6) is -0.399. The van der Waals surface area contributed by atoms with E-state index < -0.39 is 6.10 Å². The minimum Gasteiger partial charge on any atom is -0.462 e. The van der Waals surface area contributed by atoms with Gasteiger partial charge in [0.25, 0.3) is 0 Å². The second-order valence-electron chi connectivity index (χ2n) is 20.2.